The van der Waals surface area contributed by atoms with Gasteiger partial charge in [-0.05, 0) is 24.3 Å². The van der Waals surface area contributed by atoms with Gasteiger partial charge in [-0.1, -0.05) is 6.07 Å². The molecule has 2 N–H and O–H groups in total. The van der Waals surface area contributed by atoms with E-state index in [9.17, 15) is 29.0 Å². The van der Waals surface area contributed by atoms with E-state index in [0.29, 0.717) is 16.7 Å². The Balaban J connectivity index is 1.68. The van der Waals surface area contributed by atoms with Crippen LogP contribution in [-0.4, -0.2) is 28.9 Å². The molecule has 3 aromatic rings. The number of amides is 1. The summed E-state index contributed by atoms with van der Waals surface area (Å²) < 4.78 is 27.2. The number of anilines is 1. The van der Waals surface area contributed by atoms with Crippen LogP contribution in [-0.2, 0) is 0 Å². The van der Waals surface area contributed by atoms with Crippen LogP contribution in [0, 0.1) is 33.1 Å². The predicted molar refractivity (Wildman–Crippen MR) is 100 cm³/mol. The van der Waals surface area contributed by atoms with E-state index < -0.39 is 28.0 Å². The molecule has 2 aromatic carbocycles. The number of nitrogens with zero attached hydrogens (tertiary/aromatic N) is 3. The number of pyridine rings is 1. The molecule has 0 saturated carbocycles. The summed E-state index contributed by atoms with van der Waals surface area (Å²) in [5, 5.41) is 25.8. The Morgan fingerprint density at radius 2 is 1.90 bits per heavy atom. The Hall–Kier alpha value is -4.13. The van der Waals surface area contributed by atoms with Crippen molar-refractivity contribution in [1.82, 2.24) is 10.3 Å². The minimum atomic E-state index is -0.959. The van der Waals surface area contributed by atoms with Gasteiger partial charge < -0.3 is 10.6 Å². The molecule has 3 rings (SSSR count). The number of aromatic nitrogens is 1. The van der Waals surface area contributed by atoms with Gasteiger partial charge in [0.15, 0.2) is 0 Å². The second-order valence-corrected chi connectivity index (χ2v) is 5.90. The second kappa shape index (κ2) is 8.26. The molecule has 0 spiro atoms. The highest BCUT2D eigenvalue weighted by Crippen LogP contribution is 2.24. The third-order valence-corrected chi connectivity index (χ3v) is 4.03. The van der Waals surface area contributed by atoms with Crippen LogP contribution < -0.4 is 10.6 Å². The van der Waals surface area contributed by atoms with E-state index in [-0.39, 0.29) is 24.3 Å². The number of hydrogen-bond acceptors (Lipinski definition) is 6. The quantitative estimate of drug-likeness (QED) is 0.374. The van der Waals surface area contributed by atoms with Gasteiger partial charge in [-0.15, -0.1) is 0 Å². The maximum Gasteiger partial charge on any atom is 0.270 e. The van der Waals surface area contributed by atoms with Gasteiger partial charge in [0.2, 0.25) is 0 Å². The standard InChI is InChI=1S/C19H13F2N5O3/c20-14-2-1-3-15(21)18(14)19(27)24-7-6-23-17-8-11(10-22)13-9-12(26(28)29)4-5-16(13)25-17/h1-5,8-9H,6-7H2,(H,23,25)(H,24,27). The molecule has 0 unspecified atom stereocenters. The SMILES string of the molecule is N#Cc1cc(NCCNC(=O)c2c(F)cccc2F)nc2ccc([N+](=O)[O-])cc12. The van der Waals surface area contributed by atoms with Crippen molar-refractivity contribution in [2.75, 3.05) is 18.4 Å². The smallest absolute Gasteiger partial charge is 0.270 e. The highest BCUT2D eigenvalue weighted by molar-refractivity contribution is 5.94. The van der Waals surface area contributed by atoms with Gasteiger partial charge in [0.1, 0.15) is 23.0 Å². The Labute approximate surface area is 162 Å². The zero-order valence-corrected chi connectivity index (χ0v) is 14.8. The van der Waals surface area contributed by atoms with E-state index in [1.807, 2.05) is 6.07 Å². The fourth-order valence-electron chi connectivity index (χ4n) is 2.68. The molecule has 1 amide bonds. The van der Waals surface area contributed by atoms with Crippen LogP contribution in [0.2, 0.25) is 0 Å². The number of hydrogen-bond donors (Lipinski definition) is 2. The zero-order valence-electron chi connectivity index (χ0n) is 14.8. The van der Waals surface area contributed by atoms with Crippen LogP contribution in [0.15, 0.2) is 42.5 Å². The summed E-state index contributed by atoms with van der Waals surface area (Å²) in [6, 6.07) is 10.5. The highest BCUT2D eigenvalue weighted by atomic mass is 19.1. The van der Waals surface area contributed by atoms with Gasteiger partial charge in [0.25, 0.3) is 11.6 Å². The van der Waals surface area contributed by atoms with Gasteiger partial charge >= 0.3 is 0 Å². The van der Waals surface area contributed by atoms with Crippen LogP contribution >= 0.6 is 0 Å². The number of nitrogens with one attached hydrogen (secondary N) is 2. The number of nitro groups is 1. The number of fused-ring (bicyclic) bond motifs is 1. The number of benzene rings is 2. The predicted octanol–water partition coefficient (Wildman–Crippen LogP) is 3.13. The average Bonchev–Trinajstić information content (AvgIpc) is 2.70. The minimum Gasteiger partial charge on any atom is -0.368 e. The monoisotopic (exact) mass is 397 g/mol. The van der Waals surface area contributed by atoms with Crippen molar-refractivity contribution in [2.45, 2.75) is 0 Å². The molecule has 0 aliphatic carbocycles. The van der Waals surface area contributed by atoms with E-state index in [1.54, 1.807) is 0 Å². The topological polar surface area (TPSA) is 121 Å². The van der Waals surface area contributed by atoms with Gasteiger partial charge in [-0.25, -0.2) is 13.8 Å². The van der Waals surface area contributed by atoms with Crippen LogP contribution in [0.5, 0.6) is 0 Å². The first-order chi connectivity index (χ1) is 13.9. The van der Waals surface area contributed by atoms with Crippen LogP contribution in [0.3, 0.4) is 0 Å². The first-order valence-corrected chi connectivity index (χ1v) is 8.36. The number of non-ortho nitro benzene ring substituents is 1. The summed E-state index contributed by atoms with van der Waals surface area (Å²) in [6.07, 6.45) is 0. The first-order valence-electron chi connectivity index (χ1n) is 8.36. The van der Waals surface area contributed by atoms with E-state index in [4.69, 9.17) is 0 Å². The molecule has 0 aliphatic rings. The lowest BCUT2D eigenvalue weighted by atomic mass is 10.1. The largest absolute Gasteiger partial charge is 0.368 e. The molecule has 1 heterocycles. The molecular formula is C19H13F2N5O3. The van der Waals surface area contributed by atoms with Crippen LogP contribution in [0.4, 0.5) is 20.3 Å². The van der Waals surface area contributed by atoms with Crippen molar-refractivity contribution in [3.8, 4) is 6.07 Å². The van der Waals surface area contributed by atoms with E-state index in [1.165, 1.54) is 24.3 Å². The molecule has 0 saturated heterocycles. The maximum absolute atomic E-state index is 13.6. The molecular weight excluding hydrogens is 384 g/mol. The molecule has 0 aliphatic heterocycles. The third kappa shape index (κ3) is 4.24. The lowest BCUT2D eigenvalue weighted by molar-refractivity contribution is -0.384. The van der Waals surface area contributed by atoms with Crippen molar-refractivity contribution in [1.29, 1.82) is 5.26 Å². The lowest BCUT2D eigenvalue weighted by Crippen LogP contribution is -2.30. The molecule has 146 valence electrons. The Kier molecular flexibility index (Phi) is 5.59. The third-order valence-electron chi connectivity index (χ3n) is 4.03. The summed E-state index contributed by atoms with van der Waals surface area (Å²) in [7, 11) is 0. The number of rotatable bonds is 6. The Bertz CT molecular complexity index is 1140. The second-order valence-electron chi connectivity index (χ2n) is 5.90. The lowest BCUT2D eigenvalue weighted by Gasteiger charge is -2.10. The van der Waals surface area contributed by atoms with Gasteiger partial charge in [0.05, 0.1) is 22.1 Å². The molecule has 0 radical (unpaired) electrons. The molecule has 0 atom stereocenters. The van der Waals surface area contributed by atoms with E-state index in [0.717, 1.165) is 18.2 Å². The molecule has 10 heteroatoms. The number of carbonyl (C=O) groups is 1. The fourth-order valence-corrected chi connectivity index (χ4v) is 2.68. The highest BCUT2D eigenvalue weighted by Gasteiger charge is 2.16. The summed E-state index contributed by atoms with van der Waals surface area (Å²) in [5.41, 5.74) is -0.238. The van der Waals surface area contributed by atoms with E-state index >= 15 is 0 Å². The van der Waals surface area contributed by atoms with E-state index in [2.05, 4.69) is 15.6 Å². The van der Waals surface area contributed by atoms with Crippen molar-refractivity contribution in [3.63, 3.8) is 0 Å². The number of nitriles is 1. The summed E-state index contributed by atoms with van der Waals surface area (Å²) in [4.78, 5) is 26.5. The van der Waals surface area contributed by atoms with Gasteiger partial charge in [-0.2, -0.15) is 5.26 Å². The average molecular weight is 397 g/mol. The number of halogens is 2. The first kappa shape index (κ1) is 19.6. The molecule has 8 nitrogen and oxygen atoms in total. The molecule has 0 fully saturated rings. The van der Waals surface area contributed by atoms with Crippen molar-refractivity contribution >= 4 is 28.3 Å². The number of carbonyl (C=O) groups excluding carboxylic acids is 1. The molecule has 1 aromatic heterocycles. The Morgan fingerprint density at radius 1 is 1.17 bits per heavy atom. The molecule has 0 bridgehead atoms. The van der Waals surface area contributed by atoms with Crippen LogP contribution in [0.25, 0.3) is 10.9 Å². The van der Waals surface area contributed by atoms with Crippen molar-refractivity contribution < 1.29 is 18.5 Å². The van der Waals surface area contributed by atoms with Gasteiger partial charge in [-0.3, -0.25) is 14.9 Å². The summed E-state index contributed by atoms with van der Waals surface area (Å²) >= 11 is 0. The van der Waals surface area contributed by atoms with Gasteiger partial charge in [0, 0.05) is 30.6 Å². The molecule has 29 heavy (non-hydrogen) atoms. The summed E-state index contributed by atoms with van der Waals surface area (Å²) in [5.74, 6) is -2.49. The normalized spacial score (nSPS) is 10.4. The fraction of sp³-hybridized carbons (Fsp3) is 0.105. The zero-order chi connectivity index (χ0) is 21.0. The maximum atomic E-state index is 13.6. The van der Waals surface area contributed by atoms with Crippen molar-refractivity contribution in [3.05, 3.63) is 75.3 Å². The van der Waals surface area contributed by atoms with Crippen molar-refractivity contribution in [2.24, 2.45) is 0 Å². The number of nitro benzene ring substituents is 1. The van der Waals surface area contributed by atoms with Crippen LogP contribution in [0.1, 0.15) is 15.9 Å². The minimum absolute atomic E-state index is 0.0362. The Morgan fingerprint density at radius 3 is 2.55 bits per heavy atom. The summed E-state index contributed by atoms with van der Waals surface area (Å²) in [6.45, 7) is 0.201.